The normalized spacial score (nSPS) is 15.7. The van der Waals surface area contributed by atoms with Crippen molar-refractivity contribution in [2.45, 2.75) is 13.5 Å². The maximum atomic E-state index is 13.4. The molecule has 1 fully saturated rings. The van der Waals surface area contributed by atoms with E-state index in [1.807, 2.05) is 6.92 Å². The topological polar surface area (TPSA) is 79.2 Å². The standard InChI is InChI=1S/C26H19Cl2FN2O4S/c1-2-31-24(32)22(36-26(31)30-19-8-6-17(7-9-19)25(33)34)13-16-11-20(27)23(21(28)12-16)35-14-15-4-3-5-18(29)10-15/h3-13H,2,14H2,1H3,(H,33,34). The number of amidine groups is 1. The number of benzene rings is 3. The number of nitrogens with zero attached hydrogens (tertiary/aromatic N) is 2. The molecule has 0 unspecified atom stereocenters. The minimum atomic E-state index is -1.03. The van der Waals surface area contributed by atoms with Crippen molar-refractivity contribution >= 4 is 63.8 Å². The summed E-state index contributed by atoms with van der Waals surface area (Å²) in [6.07, 6.45) is 1.67. The summed E-state index contributed by atoms with van der Waals surface area (Å²) in [5.41, 5.74) is 1.91. The lowest BCUT2D eigenvalue weighted by Crippen LogP contribution is -2.28. The first-order valence-corrected chi connectivity index (χ1v) is 12.3. The van der Waals surface area contributed by atoms with Crippen LogP contribution in [-0.2, 0) is 11.4 Å². The van der Waals surface area contributed by atoms with Crippen LogP contribution in [0.5, 0.6) is 5.75 Å². The van der Waals surface area contributed by atoms with Gasteiger partial charge in [-0.15, -0.1) is 0 Å². The SMILES string of the molecule is CCN1C(=O)C(=Cc2cc(Cl)c(OCc3cccc(F)c3)c(Cl)c2)SC1=Nc1ccc(C(=O)O)cc1. The number of carboxylic acid groups (broad SMARTS) is 1. The summed E-state index contributed by atoms with van der Waals surface area (Å²) in [6.45, 7) is 2.33. The maximum absolute atomic E-state index is 13.4. The number of hydrogen-bond acceptors (Lipinski definition) is 5. The second kappa shape index (κ2) is 11.2. The molecule has 184 valence electrons. The molecule has 0 aliphatic carbocycles. The first kappa shape index (κ1) is 25.8. The van der Waals surface area contributed by atoms with Crippen LogP contribution in [0.25, 0.3) is 6.08 Å². The van der Waals surface area contributed by atoms with Crippen LogP contribution in [0.15, 0.2) is 70.6 Å². The molecule has 1 saturated heterocycles. The van der Waals surface area contributed by atoms with E-state index in [0.29, 0.717) is 33.4 Å². The highest BCUT2D eigenvalue weighted by molar-refractivity contribution is 8.18. The fraction of sp³-hybridized carbons (Fsp3) is 0.115. The molecule has 4 rings (SSSR count). The van der Waals surface area contributed by atoms with Gasteiger partial charge >= 0.3 is 5.97 Å². The first-order valence-electron chi connectivity index (χ1n) is 10.7. The van der Waals surface area contributed by atoms with Crippen LogP contribution >= 0.6 is 35.0 Å². The lowest BCUT2D eigenvalue weighted by atomic mass is 10.2. The van der Waals surface area contributed by atoms with Crippen LogP contribution in [0.2, 0.25) is 10.0 Å². The Kier molecular flexibility index (Phi) is 7.98. The molecule has 0 aromatic heterocycles. The van der Waals surface area contributed by atoms with Crippen LogP contribution in [0.1, 0.15) is 28.4 Å². The molecule has 3 aromatic carbocycles. The smallest absolute Gasteiger partial charge is 0.335 e. The van der Waals surface area contributed by atoms with Gasteiger partial charge in [-0.25, -0.2) is 14.2 Å². The van der Waals surface area contributed by atoms with Crippen LogP contribution < -0.4 is 4.74 Å². The Morgan fingerprint density at radius 3 is 2.44 bits per heavy atom. The van der Waals surface area contributed by atoms with E-state index in [4.69, 9.17) is 33.0 Å². The van der Waals surface area contributed by atoms with E-state index in [-0.39, 0.29) is 39.7 Å². The molecule has 6 nitrogen and oxygen atoms in total. The summed E-state index contributed by atoms with van der Waals surface area (Å²) in [6, 6.07) is 15.4. The van der Waals surface area contributed by atoms with Gasteiger partial charge in [0.1, 0.15) is 12.4 Å². The molecule has 0 spiro atoms. The number of aliphatic imine (C=N–C) groups is 1. The van der Waals surface area contributed by atoms with Crippen molar-refractivity contribution in [2.24, 2.45) is 4.99 Å². The minimum Gasteiger partial charge on any atom is -0.486 e. The Hall–Kier alpha value is -3.33. The van der Waals surface area contributed by atoms with Gasteiger partial charge < -0.3 is 9.84 Å². The van der Waals surface area contributed by atoms with Crippen molar-refractivity contribution < 1.29 is 23.8 Å². The van der Waals surface area contributed by atoms with Crippen molar-refractivity contribution in [1.82, 2.24) is 4.90 Å². The van der Waals surface area contributed by atoms with E-state index in [2.05, 4.69) is 4.99 Å². The molecule has 1 aliphatic heterocycles. The number of thioether (sulfide) groups is 1. The van der Waals surface area contributed by atoms with Gasteiger partial charge in [0, 0.05) is 6.54 Å². The first-order chi connectivity index (χ1) is 17.2. The van der Waals surface area contributed by atoms with E-state index in [0.717, 1.165) is 0 Å². The number of hydrogen-bond donors (Lipinski definition) is 1. The van der Waals surface area contributed by atoms with Crippen molar-refractivity contribution in [3.8, 4) is 5.75 Å². The van der Waals surface area contributed by atoms with Crippen LogP contribution in [-0.4, -0.2) is 33.6 Å². The summed E-state index contributed by atoms with van der Waals surface area (Å²) in [5, 5.41) is 10.0. The number of likely N-dealkylation sites (N-methyl/N-ethyl adjacent to an activating group) is 1. The number of amides is 1. The molecule has 1 amide bonds. The van der Waals surface area contributed by atoms with Gasteiger partial charge in [-0.2, -0.15) is 0 Å². The predicted molar refractivity (Wildman–Crippen MR) is 141 cm³/mol. The zero-order chi connectivity index (χ0) is 25.8. The van der Waals surface area contributed by atoms with Gasteiger partial charge in [0.25, 0.3) is 5.91 Å². The molecule has 1 aliphatic rings. The molecule has 1 heterocycles. The van der Waals surface area contributed by atoms with Crippen LogP contribution in [0.4, 0.5) is 10.1 Å². The summed E-state index contributed by atoms with van der Waals surface area (Å²) in [4.78, 5) is 30.5. The lowest BCUT2D eigenvalue weighted by molar-refractivity contribution is -0.122. The Morgan fingerprint density at radius 2 is 1.83 bits per heavy atom. The van der Waals surface area contributed by atoms with E-state index in [1.54, 1.807) is 42.5 Å². The summed E-state index contributed by atoms with van der Waals surface area (Å²) >= 11 is 14.0. The number of carbonyl (C=O) groups is 2. The highest BCUT2D eigenvalue weighted by Crippen LogP contribution is 2.38. The zero-order valence-corrected chi connectivity index (χ0v) is 21.2. The molecule has 36 heavy (non-hydrogen) atoms. The molecule has 3 aromatic rings. The molecule has 0 atom stereocenters. The third-order valence-corrected chi connectivity index (χ3v) is 6.70. The van der Waals surface area contributed by atoms with Gasteiger partial charge in [0.05, 0.1) is 26.2 Å². The molecule has 0 saturated carbocycles. The summed E-state index contributed by atoms with van der Waals surface area (Å²) < 4.78 is 19.1. The highest BCUT2D eigenvalue weighted by Gasteiger charge is 2.32. The molecular formula is C26H19Cl2FN2O4S. The Labute approximate surface area is 221 Å². The van der Waals surface area contributed by atoms with Crippen molar-refractivity contribution in [2.75, 3.05) is 6.54 Å². The molecular weight excluding hydrogens is 526 g/mol. The average molecular weight is 545 g/mol. The average Bonchev–Trinajstić information content (AvgIpc) is 3.12. The largest absolute Gasteiger partial charge is 0.486 e. The van der Waals surface area contributed by atoms with Gasteiger partial charge in [-0.05, 0) is 84.4 Å². The van der Waals surface area contributed by atoms with E-state index < -0.39 is 5.97 Å². The van der Waals surface area contributed by atoms with Gasteiger partial charge in [-0.1, -0.05) is 35.3 Å². The van der Waals surface area contributed by atoms with Crippen molar-refractivity contribution in [1.29, 1.82) is 0 Å². The van der Waals surface area contributed by atoms with E-state index >= 15 is 0 Å². The number of aromatic carboxylic acids is 1. The second-order valence-electron chi connectivity index (χ2n) is 7.64. The van der Waals surface area contributed by atoms with E-state index in [9.17, 15) is 14.0 Å². The fourth-order valence-corrected chi connectivity index (χ4v) is 5.07. The van der Waals surface area contributed by atoms with E-state index in [1.165, 1.54) is 40.9 Å². The summed E-state index contributed by atoms with van der Waals surface area (Å²) in [7, 11) is 0. The lowest BCUT2D eigenvalue weighted by Gasteiger charge is -2.12. The van der Waals surface area contributed by atoms with Gasteiger partial charge in [0.2, 0.25) is 0 Å². The second-order valence-corrected chi connectivity index (χ2v) is 9.46. The Bertz CT molecular complexity index is 1370. The molecule has 10 heteroatoms. The van der Waals surface area contributed by atoms with Gasteiger partial charge in [0.15, 0.2) is 10.9 Å². The molecule has 0 radical (unpaired) electrons. The summed E-state index contributed by atoms with van der Waals surface area (Å²) in [5.74, 6) is -1.35. The number of rotatable bonds is 7. The number of carbonyl (C=O) groups excluding carboxylic acids is 1. The third kappa shape index (κ3) is 5.90. The number of halogens is 3. The number of carboxylic acids is 1. The maximum Gasteiger partial charge on any atom is 0.335 e. The molecule has 1 N–H and O–H groups in total. The van der Waals surface area contributed by atoms with Crippen molar-refractivity contribution in [3.05, 3.63) is 98.1 Å². The Balaban J connectivity index is 1.55. The van der Waals surface area contributed by atoms with Crippen molar-refractivity contribution in [3.63, 3.8) is 0 Å². The Morgan fingerprint density at radius 1 is 1.14 bits per heavy atom. The minimum absolute atomic E-state index is 0.0880. The number of ether oxygens (including phenoxy) is 1. The quantitative estimate of drug-likeness (QED) is 0.323. The predicted octanol–water partition coefficient (Wildman–Crippen LogP) is 7.03. The van der Waals surface area contributed by atoms with Crippen LogP contribution in [0, 0.1) is 5.82 Å². The third-order valence-electron chi connectivity index (χ3n) is 5.13. The molecule has 0 bridgehead atoms. The fourth-order valence-electron chi connectivity index (χ4n) is 3.39. The zero-order valence-electron chi connectivity index (χ0n) is 18.9. The van der Waals surface area contributed by atoms with Gasteiger partial charge in [-0.3, -0.25) is 9.69 Å². The monoisotopic (exact) mass is 544 g/mol. The van der Waals surface area contributed by atoms with Crippen LogP contribution in [0.3, 0.4) is 0 Å². The highest BCUT2D eigenvalue weighted by atomic mass is 35.5.